The van der Waals surface area contributed by atoms with Crippen LogP contribution in [0.2, 0.25) is 0 Å². The van der Waals surface area contributed by atoms with Crippen LogP contribution in [-0.2, 0) is 14.3 Å². The quantitative estimate of drug-likeness (QED) is 0.404. The van der Waals surface area contributed by atoms with Gasteiger partial charge in [0.1, 0.15) is 6.10 Å². The highest BCUT2D eigenvalue weighted by atomic mass is 16.7. The molecule has 4 unspecified atom stereocenters. The summed E-state index contributed by atoms with van der Waals surface area (Å²) in [6.45, 7) is 1.85. The molecular weight excluding hydrogens is 316 g/mol. The van der Waals surface area contributed by atoms with E-state index in [4.69, 9.17) is 9.47 Å². The van der Waals surface area contributed by atoms with Crippen molar-refractivity contribution in [3.8, 4) is 0 Å². The second-order valence-corrected chi connectivity index (χ2v) is 6.45. The summed E-state index contributed by atoms with van der Waals surface area (Å²) in [5.74, 6) is 0. The summed E-state index contributed by atoms with van der Waals surface area (Å²) in [4.78, 5) is 23.2. The SMILES string of the molecule is CCCC(C(C=O)OC1CCCC(CO)O1)N(NC1CC1)C(=O)O. The molecule has 3 N–H and O–H groups in total. The van der Waals surface area contributed by atoms with Crippen LogP contribution in [-0.4, -0.2) is 64.8 Å². The van der Waals surface area contributed by atoms with Crippen LogP contribution in [0.5, 0.6) is 0 Å². The lowest BCUT2D eigenvalue weighted by atomic mass is 10.1. The predicted octanol–water partition coefficient (Wildman–Crippen LogP) is 1.27. The van der Waals surface area contributed by atoms with Gasteiger partial charge in [-0.2, -0.15) is 0 Å². The van der Waals surface area contributed by atoms with Crippen molar-refractivity contribution in [2.45, 2.75) is 82.5 Å². The highest BCUT2D eigenvalue weighted by Crippen LogP contribution is 2.25. The van der Waals surface area contributed by atoms with Gasteiger partial charge < -0.3 is 24.5 Å². The van der Waals surface area contributed by atoms with E-state index in [1.165, 1.54) is 0 Å². The van der Waals surface area contributed by atoms with Crippen molar-refractivity contribution in [1.82, 2.24) is 10.4 Å². The Balaban J connectivity index is 2.03. The topological polar surface area (TPSA) is 108 Å². The molecule has 1 aliphatic heterocycles. The first kappa shape index (κ1) is 19.1. The molecule has 4 atom stereocenters. The van der Waals surface area contributed by atoms with E-state index in [-0.39, 0.29) is 18.8 Å². The van der Waals surface area contributed by atoms with Gasteiger partial charge in [-0.25, -0.2) is 15.2 Å². The number of carbonyl (C=O) groups is 2. The molecule has 0 spiro atoms. The number of carboxylic acid groups (broad SMARTS) is 1. The fourth-order valence-corrected chi connectivity index (χ4v) is 2.92. The van der Waals surface area contributed by atoms with Crippen molar-refractivity contribution in [3.63, 3.8) is 0 Å². The summed E-state index contributed by atoms with van der Waals surface area (Å²) < 4.78 is 11.4. The van der Waals surface area contributed by atoms with Crippen molar-refractivity contribution in [2.75, 3.05) is 6.61 Å². The average molecular weight is 344 g/mol. The molecule has 0 aromatic heterocycles. The molecule has 24 heavy (non-hydrogen) atoms. The lowest BCUT2D eigenvalue weighted by Crippen LogP contribution is -2.56. The smallest absolute Gasteiger partial charge is 0.422 e. The van der Waals surface area contributed by atoms with Gasteiger partial charge in [0.15, 0.2) is 12.6 Å². The molecule has 2 aliphatic rings. The first-order valence-electron chi connectivity index (χ1n) is 8.74. The van der Waals surface area contributed by atoms with Crippen LogP contribution in [0, 0.1) is 0 Å². The number of hydrogen-bond donors (Lipinski definition) is 3. The van der Waals surface area contributed by atoms with Crippen LogP contribution in [0.25, 0.3) is 0 Å². The van der Waals surface area contributed by atoms with Crippen molar-refractivity contribution >= 4 is 12.4 Å². The van der Waals surface area contributed by atoms with Crippen LogP contribution in [0.1, 0.15) is 51.9 Å². The first-order chi connectivity index (χ1) is 11.6. The van der Waals surface area contributed by atoms with Crippen LogP contribution < -0.4 is 5.43 Å². The summed E-state index contributed by atoms with van der Waals surface area (Å²) in [6.07, 6.45) is 3.04. The Morgan fingerprint density at radius 3 is 2.71 bits per heavy atom. The van der Waals surface area contributed by atoms with Gasteiger partial charge in [-0.15, -0.1) is 0 Å². The minimum Gasteiger partial charge on any atom is -0.464 e. The van der Waals surface area contributed by atoms with Crippen molar-refractivity contribution in [3.05, 3.63) is 0 Å². The largest absolute Gasteiger partial charge is 0.464 e. The van der Waals surface area contributed by atoms with Crippen LogP contribution in [0.15, 0.2) is 0 Å². The molecule has 2 fully saturated rings. The Labute approximate surface area is 142 Å². The van der Waals surface area contributed by atoms with E-state index in [9.17, 15) is 19.8 Å². The third-order valence-electron chi connectivity index (χ3n) is 4.36. The highest BCUT2D eigenvalue weighted by molar-refractivity contribution is 5.67. The minimum absolute atomic E-state index is 0.0888. The standard InChI is InChI=1S/C16H28N2O6/c1-2-4-13(18(16(21)22)17-11-7-8-11)14(10-20)24-15-6-3-5-12(9-19)23-15/h10-15,17,19H,2-9H2,1H3,(H,21,22). The third-order valence-corrected chi connectivity index (χ3v) is 4.36. The monoisotopic (exact) mass is 344 g/mol. The summed E-state index contributed by atoms with van der Waals surface area (Å²) in [5.41, 5.74) is 2.96. The molecule has 1 saturated carbocycles. The molecule has 8 heteroatoms. The molecule has 0 bridgehead atoms. The Hall–Kier alpha value is -1.22. The zero-order valence-electron chi connectivity index (χ0n) is 14.1. The molecule has 0 aromatic rings. The Morgan fingerprint density at radius 2 is 2.17 bits per heavy atom. The van der Waals surface area contributed by atoms with E-state index in [2.05, 4.69) is 5.43 Å². The number of hydrogen-bond acceptors (Lipinski definition) is 6. The van der Waals surface area contributed by atoms with E-state index >= 15 is 0 Å². The van der Waals surface area contributed by atoms with Crippen LogP contribution in [0.3, 0.4) is 0 Å². The lowest BCUT2D eigenvalue weighted by Gasteiger charge is -2.36. The molecule has 1 saturated heterocycles. The van der Waals surface area contributed by atoms with Gasteiger partial charge in [0.25, 0.3) is 0 Å². The molecule has 1 aliphatic carbocycles. The van der Waals surface area contributed by atoms with E-state index in [1.807, 2.05) is 6.92 Å². The molecule has 0 aromatic carbocycles. The number of nitrogens with zero attached hydrogens (tertiary/aromatic N) is 1. The zero-order valence-corrected chi connectivity index (χ0v) is 14.1. The van der Waals surface area contributed by atoms with Gasteiger partial charge in [0.05, 0.1) is 18.8 Å². The molecular formula is C16H28N2O6. The molecule has 138 valence electrons. The second-order valence-electron chi connectivity index (χ2n) is 6.45. The number of aliphatic hydroxyl groups excluding tert-OH is 1. The Kier molecular flexibility index (Phi) is 7.41. The fourth-order valence-electron chi connectivity index (χ4n) is 2.92. The van der Waals surface area contributed by atoms with Gasteiger partial charge in [0.2, 0.25) is 0 Å². The summed E-state index contributed by atoms with van der Waals surface area (Å²) in [6, 6.07) is -0.457. The predicted molar refractivity (Wildman–Crippen MR) is 85.3 cm³/mol. The van der Waals surface area contributed by atoms with E-state index in [0.29, 0.717) is 19.1 Å². The first-order valence-corrected chi connectivity index (χ1v) is 8.74. The van der Waals surface area contributed by atoms with Gasteiger partial charge in [-0.05, 0) is 38.5 Å². The number of hydrazine groups is 1. The number of aliphatic hydroxyl groups is 1. The van der Waals surface area contributed by atoms with Crippen molar-refractivity contribution < 1.29 is 29.3 Å². The second kappa shape index (κ2) is 9.31. The average Bonchev–Trinajstić information content (AvgIpc) is 3.40. The Morgan fingerprint density at radius 1 is 1.42 bits per heavy atom. The number of carbonyl (C=O) groups excluding carboxylic acids is 1. The van der Waals surface area contributed by atoms with Gasteiger partial charge in [0, 0.05) is 6.04 Å². The number of amides is 1. The van der Waals surface area contributed by atoms with E-state index < -0.39 is 24.5 Å². The molecule has 1 amide bonds. The van der Waals surface area contributed by atoms with Crippen molar-refractivity contribution in [2.24, 2.45) is 0 Å². The molecule has 2 rings (SSSR count). The molecule has 0 radical (unpaired) electrons. The summed E-state index contributed by atoms with van der Waals surface area (Å²) in [7, 11) is 0. The summed E-state index contributed by atoms with van der Waals surface area (Å²) >= 11 is 0. The maximum Gasteiger partial charge on any atom is 0.422 e. The Bertz CT molecular complexity index is 417. The van der Waals surface area contributed by atoms with Crippen molar-refractivity contribution in [1.29, 1.82) is 0 Å². The number of nitrogens with one attached hydrogen (secondary N) is 1. The van der Waals surface area contributed by atoms with E-state index in [0.717, 1.165) is 37.1 Å². The van der Waals surface area contributed by atoms with Gasteiger partial charge in [-0.3, -0.25) is 0 Å². The third kappa shape index (κ3) is 5.41. The number of aldehydes is 1. The maximum atomic E-state index is 11.6. The van der Waals surface area contributed by atoms with E-state index in [1.54, 1.807) is 0 Å². The molecule has 8 nitrogen and oxygen atoms in total. The van der Waals surface area contributed by atoms with Gasteiger partial charge >= 0.3 is 6.09 Å². The van der Waals surface area contributed by atoms with Gasteiger partial charge in [-0.1, -0.05) is 13.3 Å². The van der Waals surface area contributed by atoms with Crippen LogP contribution in [0.4, 0.5) is 4.79 Å². The highest BCUT2D eigenvalue weighted by Gasteiger charge is 2.37. The lowest BCUT2D eigenvalue weighted by molar-refractivity contribution is -0.225. The maximum absolute atomic E-state index is 11.6. The molecule has 1 heterocycles. The number of ether oxygens (including phenoxy) is 2. The zero-order chi connectivity index (χ0) is 17.5. The minimum atomic E-state index is -1.12. The number of rotatable bonds is 10. The summed E-state index contributed by atoms with van der Waals surface area (Å²) in [5, 5.41) is 19.8. The normalized spacial score (nSPS) is 26.6. The van der Waals surface area contributed by atoms with Crippen LogP contribution >= 0.6 is 0 Å². The fraction of sp³-hybridized carbons (Fsp3) is 0.875.